The molecule has 1 heterocycles. The molecule has 8 heteroatoms. The zero-order valence-corrected chi connectivity index (χ0v) is 15.5. The van der Waals surface area contributed by atoms with Gasteiger partial charge in [0.05, 0.1) is 10.8 Å². The Kier molecular flexibility index (Phi) is 5.84. The number of aliphatic carboxylic acids is 1. The summed E-state index contributed by atoms with van der Waals surface area (Å²) in [5.41, 5.74) is 1.53. The highest BCUT2D eigenvalue weighted by atomic mass is 32.2. The molecule has 0 radical (unpaired) electrons. The summed E-state index contributed by atoms with van der Waals surface area (Å²) >= 11 is 0. The second-order valence-electron chi connectivity index (χ2n) is 6.73. The third-order valence-corrected chi connectivity index (χ3v) is 5.68. The molecule has 0 aliphatic carbocycles. The molecule has 2 N–H and O–H groups in total. The zero-order chi connectivity index (χ0) is 18.8. The van der Waals surface area contributed by atoms with Gasteiger partial charge >= 0.3 is 5.97 Å². The van der Waals surface area contributed by atoms with E-state index in [1.54, 1.807) is 17.0 Å². The number of carbonyl (C=O) groups excluding carboxylic acids is 1. The molecule has 0 aromatic heterocycles. The highest BCUT2D eigenvalue weighted by Crippen LogP contribution is 2.30. The maximum Gasteiger partial charge on any atom is 0.307 e. The lowest BCUT2D eigenvalue weighted by Gasteiger charge is -2.17. The molecule has 1 unspecified atom stereocenters. The van der Waals surface area contributed by atoms with Crippen LogP contribution in [0.5, 0.6) is 0 Å². The van der Waals surface area contributed by atoms with Crippen molar-refractivity contribution in [1.29, 1.82) is 0 Å². The molecular formula is C17H24N2O5S. The van der Waals surface area contributed by atoms with Gasteiger partial charge < -0.3 is 10.0 Å². The first kappa shape index (κ1) is 19.4. The van der Waals surface area contributed by atoms with Crippen LogP contribution in [0.25, 0.3) is 0 Å². The molecule has 138 valence electrons. The third-order valence-electron chi connectivity index (χ3n) is 4.26. The number of benzene rings is 1. The second-order valence-corrected chi connectivity index (χ2v) is 8.49. The van der Waals surface area contributed by atoms with E-state index in [-0.39, 0.29) is 23.3 Å². The maximum absolute atomic E-state index is 12.5. The monoisotopic (exact) mass is 368 g/mol. The summed E-state index contributed by atoms with van der Waals surface area (Å²) in [7, 11) is -3.80. The first-order chi connectivity index (χ1) is 11.6. The number of carbonyl (C=O) groups is 2. The Morgan fingerprint density at radius 3 is 2.56 bits per heavy atom. The van der Waals surface area contributed by atoms with Crippen LogP contribution in [0.2, 0.25) is 0 Å². The fraction of sp³-hybridized carbons (Fsp3) is 0.529. The van der Waals surface area contributed by atoms with Crippen LogP contribution in [0.3, 0.4) is 0 Å². The fourth-order valence-electron chi connectivity index (χ4n) is 3.01. The van der Waals surface area contributed by atoms with Crippen molar-refractivity contribution in [2.75, 3.05) is 18.0 Å². The smallest absolute Gasteiger partial charge is 0.307 e. The van der Waals surface area contributed by atoms with Gasteiger partial charge in [-0.2, -0.15) is 0 Å². The summed E-state index contributed by atoms with van der Waals surface area (Å²) in [6, 6.07) is 4.63. The minimum Gasteiger partial charge on any atom is -0.481 e. The van der Waals surface area contributed by atoms with Crippen LogP contribution in [0.1, 0.15) is 32.8 Å². The van der Waals surface area contributed by atoms with Crippen molar-refractivity contribution < 1.29 is 23.1 Å². The standard InChI is InChI=1S/C17H24N2O5S/c1-11(2)8-14(17(21)22)10-18-25(23,24)15-4-5-16-13(9-15)6-7-19(16)12(3)20/h4-5,9,11,14,18H,6-8,10H2,1-3H3,(H,21,22). The molecule has 0 spiro atoms. The van der Waals surface area contributed by atoms with E-state index in [9.17, 15) is 23.1 Å². The Morgan fingerprint density at radius 2 is 2.00 bits per heavy atom. The summed E-state index contributed by atoms with van der Waals surface area (Å²) in [4.78, 5) is 24.5. The Balaban J connectivity index is 2.15. The Labute approximate surface area is 148 Å². The molecule has 0 saturated carbocycles. The normalized spacial score (nSPS) is 15.3. The Hall–Kier alpha value is -1.93. The summed E-state index contributed by atoms with van der Waals surface area (Å²) in [5.74, 6) is -1.70. The zero-order valence-electron chi connectivity index (χ0n) is 14.7. The molecule has 0 saturated heterocycles. The van der Waals surface area contributed by atoms with Gasteiger partial charge in [-0.15, -0.1) is 0 Å². The molecule has 0 fully saturated rings. The van der Waals surface area contributed by atoms with Crippen molar-refractivity contribution in [2.45, 2.75) is 38.5 Å². The molecule has 1 atom stereocenters. The number of carboxylic acid groups (broad SMARTS) is 1. The van der Waals surface area contributed by atoms with E-state index in [1.165, 1.54) is 13.0 Å². The van der Waals surface area contributed by atoms with Gasteiger partial charge in [0.2, 0.25) is 15.9 Å². The molecule has 7 nitrogen and oxygen atoms in total. The highest BCUT2D eigenvalue weighted by Gasteiger charge is 2.26. The van der Waals surface area contributed by atoms with Crippen molar-refractivity contribution in [1.82, 2.24) is 4.72 Å². The molecule has 1 aromatic rings. The van der Waals surface area contributed by atoms with Crippen LogP contribution in [-0.2, 0) is 26.0 Å². The average molecular weight is 368 g/mol. The van der Waals surface area contributed by atoms with Crippen LogP contribution < -0.4 is 9.62 Å². The van der Waals surface area contributed by atoms with E-state index in [2.05, 4.69) is 4.72 Å². The summed E-state index contributed by atoms with van der Waals surface area (Å²) in [5, 5.41) is 9.23. The predicted molar refractivity (Wildman–Crippen MR) is 93.9 cm³/mol. The van der Waals surface area contributed by atoms with Crippen LogP contribution in [0, 0.1) is 11.8 Å². The highest BCUT2D eigenvalue weighted by molar-refractivity contribution is 7.89. The molecule has 1 aliphatic rings. The SMILES string of the molecule is CC(=O)N1CCc2cc(S(=O)(=O)NCC(CC(C)C)C(=O)O)ccc21. The third kappa shape index (κ3) is 4.58. The van der Waals surface area contributed by atoms with Crippen LogP contribution in [0.4, 0.5) is 5.69 Å². The largest absolute Gasteiger partial charge is 0.481 e. The van der Waals surface area contributed by atoms with E-state index >= 15 is 0 Å². The van der Waals surface area contributed by atoms with Gasteiger partial charge in [0.25, 0.3) is 0 Å². The number of nitrogens with zero attached hydrogens (tertiary/aromatic N) is 1. The van der Waals surface area contributed by atoms with Crippen molar-refractivity contribution in [2.24, 2.45) is 11.8 Å². The number of amides is 1. The van der Waals surface area contributed by atoms with E-state index in [0.29, 0.717) is 19.4 Å². The second kappa shape index (κ2) is 7.53. The predicted octanol–water partition coefficient (Wildman–Crippen LogP) is 1.62. The van der Waals surface area contributed by atoms with Crippen LogP contribution in [0.15, 0.2) is 23.1 Å². The number of nitrogens with one attached hydrogen (secondary N) is 1. The fourth-order valence-corrected chi connectivity index (χ4v) is 4.14. The molecular weight excluding hydrogens is 344 g/mol. The van der Waals surface area contributed by atoms with Gasteiger partial charge in [-0.25, -0.2) is 13.1 Å². The lowest BCUT2D eigenvalue weighted by molar-refractivity contribution is -0.142. The molecule has 1 aromatic carbocycles. The number of carboxylic acids is 1. The molecule has 2 rings (SSSR count). The summed E-state index contributed by atoms with van der Waals surface area (Å²) in [6.07, 6.45) is 0.999. The quantitative estimate of drug-likeness (QED) is 0.761. The van der Waals surface area contributed by atoms with E-state index in [0.717, 1.165) is 11.3 Å². The molecule has 0 bridgehead atoms. The number of sulfonamides is 1. The van der Waals surface area contributed by atoms with Crippen molar-refractivity contribution in [3.63, 3.8) is 0 Å². The van der Waals surface area contributed by atoms with Gasteiger partial charge in [-0.1, -0.05) is 13.8 Å². The minimum absolute atomic E-state index is 0.0783. The lowest BCUT2D eigenvalue weighted by Crippen LogP contribution is -2.33. The number of fused-ring (bicyclic) bond motifs is 1. The Bertz CT molecular complexity index is 773. The van der Waals surface area contributed by atoms with Gasteiger partial charge in [0, 0.05) is 25.7 Å². The van der Waals surface area contributed by atoms with Gasteiger partial charge in [0.15, 0.2) is 0 Å². The molecule has 25 heavy (non-hydrogen) atoms. The van der Waals surface area contributed by atoms with Crippen LogP contribution in [-0.4, -0.2) is 38.5 Å². The number of hydrogen-bond donors (Lipinski definition) is 2. The molecule has 1 amide bonds. The summed E-state index contributed by atoms with van der Waals surface area (Å²) < 4.78 is 27.3. The van der Waals surface area contributed by atoms with Gasteiger partial charge in [-0.3, -0.25) is 9.59 Å². The van der Waals surface area contributed by atoms with E-state index in [1.807, 2.05) is 13.8 Å². The van der Waals surface area contributed by atoms with Crippen molar-refractivity contribution in [3.05, 3.63) is 23.8 Å². The molecule has 1 aliphatic heterocycles. The number of rotatable bonds is 7. The van der Waals surface area contributed by atoms with E-state index in [4.69, 9.17) is 0 Å². The van der Waals surface area contributed by atoms with Gasteiger partial charge in [-0.05, 0) is 42.5 Å². The number of anilines is 1. The first-order valence-corrected chi connectivity index (χ1v) is 9.73. The maximum atomic E-state index is 12.5. The lowest BCUT2D eigenvalue weighted by atomic mass is 9.98. The summed E-state index contributed by atoms with van der Waals surface area (Å²) in [6.45, 7) is 5.66. The Morgan fingerprint density at radius 1 is 1.32 bits per heavy atom. The number of hydrogen-bond acceptors (Lipinski definition) is 4. The van der Waals surface area contributed by atoms with Gasteiger partial charge in [0.1, 0.15) is 0 Å². The van der Waals surface area contributed by atoms with Crippen molar-refractivity contribution in [3.8, 4) is 0 Å². The average Bonchev–Trinajstić information content (AvgIpc) is 2.94. The first-order valence-electron chi connectivity index (χ1n) is 8.25. The topological polar surface area (TPSA) is 104 Å². The van der Waals surface area contributed by atoms with Crippen molar-refractivity contribution >= 4 is 27.6 Å². The van der Waals surface area contributed by atoms with E-state index < -0.39 is 21.9 Å². The minimum atomic E-state index is -3.80. The van der Waals surface area contributed by atoms with Crippen LogP contribution >= 0.6 is 0 Å².